The quantitative estimate of drug-likeness (QED) is 0.272. The molecule has 33 heavy (non-hydrogen) atoms. The second kappa shape index (κ2) is 9.47. The number of pyridine rings is 1. The second-order valence-electron chi connectivity index (χ2n) is 8.53. The molecule has 2 aromatic heterocycles. The highest BCUT2D eigenvalue weighted by molar-refractivity contribution is 5.99. The molecule has 0 aliphatic heterocycles. The van der Waals surface area contributed by atoms with E-state index in [1.54, 1.807) is 0 Å². The van der Waals surface area contributed by atoms with Gasteiger partial charge in [-0.05, 0) is 74.2 Å². The fraction of sp³-hybridized carbons (Fsp3) is 0.207. The molecule has 0 aliphatic rings. The monoisotopic (exact) mass is 435 g/mol. The van der Waals surface area contributed by atoms with E-state index >= 15 is 0 Å². The summed E-state index contributed by atoms with van der Waals surface area (Å²) in [4.78, 5) is 8.44. The van der Waals surface area contributed by atoms with Crippen LogP contribution in [-0.2, 0) is 13.0 Å². The lowest BCUT2D eigenvalue weighted by atomic mass is 9.97. The molecule has 3 aromatic carbocycles. The maximum absolute atomic E-state index is 6.14. The summed E-state index contributed by atoms with van der Waals surface area (Å²) in [6.07, 6.45) is 3.02. The molecule has 0 amide bonds. The number of ether oxygens (including phenoxy) is 1. The van der Waals surface area contributed by atoms with Gasteiger partial charge < -0.3 is 15.5 Å². The molecule has 0 aliphatic carbocycles. The van der Waals surface area contributed by atoms with Crippen LogP contribution in [0.5, 0.6) is 5.75 Å². The third-order valence-corrected chi connectivity index (χ3v) is 6.15. The Bertz CT molecular complexity index is 1390. The van der Waals surface area contributed by atoms with E-state index in [1.165, 1.54) is 22.2 Å². The first-order chi connectivity index (χ1) is 16.2. The summed E-state index contributed by atoms with van der Waals surface area (Å²) >= 11 is 0. The van der Waals surface area contributed by atoms with Gasteiger partial charge in [0.1, 0.15) is 12.4 Å². The number of nitrogens with two attached hydrogens (primary N) is 1. The van der Waals surface area contributed by atoms with Crippen molar-refractivity contribution in [1.82, 2.24) is 9.97 Å². The van der Waals surface area contributed by atoms with Gasteiger partial charge in [0.25, 0.3) is 0 Å². The zero-order chi connectivity index (χ0) is 22.6. The fourth-order valence-electron chi connectivity index (χ4n) is 4.47. The number of nitrogens with one attached hydrogen (secondary N) is 1. The largest absolute Gasteiger partial charge is 0.489 e. The van der Waals surface area contributed by atoms with Gasteiger partial charge in [-0.1, -0.05) is 48.5 Å². The summed E-state index contributed by atoms with van der Waals surface area (Å²) in [6.45, 7) is 3.30. The van der Waals surface area contributed by atoms with Crippen molar-refractivity contribution in [3.8, 4) is 17.0 Å². The average molecular weight is 436 g/mol. The molecule has 4 nitrogen and oxygen atoms in total. The Balaban J connectivity index is 1.57. The van der Waals surface area contributed by atoms with Gasteiger partial charge in [0, 0.05) is 27.5 Å². The van der Waals surface area contributed by atoms with Gasteiger partial charge in [-0.3, -0.25) is 4.98 Å². The Morgan fingerprint density at radius 1 is 0.879 bits per heavy atom. The Morgan fingerprint density at radius 2 is 1.76 bits per heavy atom. The van der Waals surface area contributed by atoms with Crippen molar-refractivity contribution in [3.63, 3.8) is 0 Å². The van der Waals surface area contributed by atoms with E-state index in [9.17, 15) is 0 Å². The minimum absolute atomic E-state index is 0.556. The van der Waals surface area contributed by atoms with Gasteiger partial charge in [0.05, 0.1) is 11.2 Å². The SMILES string of the molecule is Cc1ccc2c(-c3[nH]c4ccc(OCc5ccccc5)cc4c3CCCCN)cccc2n1. The number of nitrogens with zero attached hydrogens (tertiary/aromatic N) is 1. The summed E-state index contributed by atoms with van der Waals surface area (Å²) in [5.41, 5.74) is 13.8. The van der Waals surface area contributed by atoms with Gasteiger partial charge in [-0.2, -0.15) is 0 Å². The number of unbranched alkanes of at least 4 members (excludes halogenated alkanes) is 1. The maximum Gasteiger partial charge on any atom is 0.120 e. The topological polar surface area (TPSA) is 63.9 Å². The molecule has 5 aromatic rings. The van der Waals surface area contributed by atoms with Crippen molar-refractivity contribution in [3.05, 3.63) is 95.7 Å². The van der Waals surface area contributed by atoms with E-state index < -0.39 is 0 Å². The lowest BCUT2D eigenvalue weighted by Gasteiger charge is -2.10. The summed E-state index contributed by atoms with van der Waals surface area (Å²) in [7, 11) is 0. The first kappa shape index (κ1) is 21.2. The van der Waals surface area contributed by atoms with Crippen LogP contribution in [0.3, 0.4) is 0 Å². The molecule has 0 saturated heterocycles. The maximum atomic E-state index is 6.14. The predicted molar refractivity (Wildman–Crippen MR) is 137 cm³/mol. The molecule has 5 rings (SSSR count). The van der Waals surface area contributed by atoms with Crippen LogP contribution in [0.15, 0.2) is 78.9 Å². The lowest BCUT2D eigenvalue weighted by Crippen LogP contribution is -1.99. The molecule has 0 spiro atoms. The van der Waals surface area contributed by atoms with Crippen LogP contribution >= 0.6 is 0 Å². The molecule has 4 heteroatoms. The molecule has 166 valence electrons. The van der Waals surface area contributed by atoms with Crippen LogP contribution in [0.1, 0.15) is 29.7 Å². The van der Waals surface area contributed by atoms with Crippen molar-refractivity contribution >= 4 is 21.8 Å². The highest BCUT2D eigenvalue weighted by Crippen LogP contribution is 2.36. The van der Waals surface area contributed by atoms with Crippen LogP contribution in [-0.4, -0.2) is 16.5 Å². The Labute approximate surface area is 194 Å². The van der Waals surface area contributed by atoms with E-state index in [4.69, 9.17) is 15.5 Å². The highest BCUT2D eigenvalue weighted by Gasteiger charge is 2.16. The first-order valence-corrected chi connectivity index (χ1v) is 11.6. The summed E-state index contributed by atoms with van der Waals surface area (Å²) < 4.78 is 6.14. The molecule has 0 atom stereocenters. The minimum Gasteiger partial charge on any atom is -0.489 e. The third-order valence-electron chi connectivity index (χ3n) is 6.15. The van der Waals surface area contributed by atoms with Crippen molar-refractivity contribution in [2.45, 2.75) is 32.8 Å². The van der Waals surface area contributed by atoms with Gasteiger partial charge in [-0.25, -0.2) is 0 Å². The summed E-state index contributed by atoms with van der Waals surface area (Å²) in [5.74, 6) is 0.882. The molecule has 0 radical (unpaired) electrons. The third kappa shape index (κ3) is 4.48. The van der Waals surface area contributed by atoms with Crippen LogP contribution in [0.25, 0.3) is 33.1 Å². The Kier molecular flexibility index (Phi) is 6.09. The zero-order valence-corrected chi connectivity index (χ0v) is 19.0. The molecule has 0 saturated carbocycles. The second-order valence-corrected chi connectivity index (χ2v) is 8.53. The van der Waals surface area contributed by atoms with Crippen LogP contribution in [0.4, 0.5) is 0 Å². The van der Waals surface area contributed by atoms with E-state index in [2.05, 4.69) is 59.6 Å². The number of benzene rings is 3. The predicted octanol–water partition coefficient (Wildman–Crippen LogP) is 6.55. The van der Waals surface area contributed by atoms with Crippen LogP contribution in [0.2, 0.25) is 0 Å². The molecule has 3 N–H and O–H groups in total. The van der Waals surface area contributed by atoms with Crippen molar-refractivity contribution in [2.75, 3.05) is 6.54 Å². The number of H-pyrrole nitrogens is 1. The Hall–Kier alpha value is -3.63. The van der Waals surface area contributed by atoms with Crippen LogP contribution < -0.4 is 10.5 Å². The average Bonchev–Trinajstić information content (AvgIpc) is 3.20. The summed E-state index contributed by atoms with van der Waals surface area (Å²) in [5, 5.41) is 2.37. The highest BCUT2D eigenvalue weighted by atomic mass is 16.5. The normalized spacial score (nSPS) is 11.3. The number of aromatic nitrogens is 2. The first-order valence-electron chi connectivity index (χ1n) is 11.6. The van der Waals surface area contributed by atoms with E-state index in [0.717, 1.165) is 52.7 Å². The van der Waals surface area contributed by atoms with E-state index in [-0.39, 0.29) is 0 Å². The molecular weight excluding hydrogens is 406 g/mol. The van der Waals surface area contributed by atoms with E-state index in [0.29, 0.717) is 13.2 Å². The number of aryl methyl sites for hydroxylation is 2. The van der Waals surface area contributed by atoms with Gasteiger partial charge in [-0.15, -0.1) is 0 Å². The molecule has 0 bridgehead atoms. The molecule has 0 fully saturated rings. The van der Waals surface area contributed by atoms with Gasteiger partial charge in [0.15, 0.2) is 0 Å². The van der Waals surface area contributed by atoms with Crippen molar-refractivity contribution in [1.29, 1.82) is 0 Å². The molecule has 0 unspecified atom stereocenters. The lowest BCUT2D eigenvalue weighted by molar-refractivity contribution is 0.306. The molecular formula is C29H29N3O. The number of hydrogen-bond acceptors (Lipinski definition) is 3. The minimum atomic E-state index is 0.556. The zero-order valence-electron chi connectivity index (χ0n) is 19.0. The summed E-state index contributed by atoms with van der Waals surface area (Å²) in [6, 6.07) is 27.2. The van der Waals surface area contributed by atoms with E-state index in [1.807, 2.05) is 31.2 Å². The van der Waals surface area contributed by atoms with Gasteiger partial charge in [0.2, 0.25) is 0 Å². The number of hydrogen-bond donors (Lipinski definition) is 2. The van der Waals surface area contributed by atoms with Crippen molar-refractivity contribution in [2.24, 2.45) is 5.73 Å². The molecule has 2 heterocycles. The van der Waals surface area contributed by atoms with Gasteiger partial charge >= 0.3 is 0 Å². The number of aromatic amines is 1. The van der Waals surface area contributed by atoms with Crippen molar-refractivity contribution < 1.29 is 4.74 Å². The number of fused-ring (bicyclic) bond motifs is 2. The standard InChI is InChI=1S/C29H29N3O/c1-20-13-15-23-24(11-7-12-27(23)31-20)29-25(10-5-6-17-30)26-18-22(14-16-28(26)32-29)33-19-21-8-3-2-4-9-21/h2-4,7-9,11-16,18,32H,5-6,10,17,19,30H2,1H3. The smallest absolute Gasteiger partial charge is 0.120 e. The Morgan fingerprint density at radius 3 is 2.61 bits per heavy atom. The fourth-order valence-corrected chi connectivity index (χ4v) is 4.47. The van der Waals surface area contributed by atoms with Crippen LogP contribution in [0, 0.1) is 6.92 Å². The number of rotatable bonds is 8.